The monoisotopic (exact) mass is 1150 g/mol. The van der Waals surface area contributed by atoms with E-state index in [1.165, 1.54) is 23.3 Å². The van der Waals surface area contributed by atoms with Crippen molar-refractivity contribution in [3.8, 4) is 23.7 Å². The van der Waals surface area contributed by atoms with Crippen LogP contribution in [0.25, 0.3) is 11.0 Å². The van der Waals surface area contributed by atoms with E-state index in [0.29, 0.717) is 10.9 Å². The fourth-order valence-corrected chi connectivity index (χ4v) is 13.5. The van der Waals surface area contributed by atoms with Gasteiger partial charge in [-0.1, -0.05) is 45.3 Å². The lowest BCUT2D eigenvalue weighted by Crippen LogP contribution is -2.29. The van der Waals surface area contributed by atoms with Crippen molar-refractivity contribution in [1.29, 1.82) is 0 Å². The van der Waals surface area contributed by atoms with E-state index in [0.717, 1.165) is 26.2 Å². The van der Waals surface area contributed by atoms with E-state index < -0.39 is 103 Å². The summed E-state index contributed by atoms with van der Waals surface area (Å²) < 4.78 is 122. The maximum Gasteiger partial charge on any atom is 0.490 e. The first kappa shape index (κ1) is 58.4. The van der Waals surface area contributed by atoms with Gasteiger partial charge in [0.25, 0.3) is 0 Å². The summed E-state index contributed by atoms with van der Waals surface area (Å²) in [6, 6.07) is 0. The zero-order valence-corrected chi connectivity index (χ0v) is 41.9. The van der Waals surface area contributed by atoms with E-state index in [9.17, 15) is 51.8 Å². The zero-order chi connectivity index (χ0) is 51.9. The predicted molar refractivity (Wildman–Crippen MR) is 238 cm³/mol. The van der Waals surface area contributed by atoms with Crippen LogP contribution in [0.3, 0.4) is 0 Å². The van der Waals surface area contributed by atoms with Gasteiger partial charge in [0.2, 0.25) is 0 Å². The standard InChI is InChI=1S/C28H41N9O25P6S2/c29-5-1-3-16-9-36(27-24(16)26(32)33-13-34-27)22-7-18(20(57-22)11-55-65(45,46)61-67(49,50)59-63(39,40)41)53-14-69-70-15-54-19-8-23(37-10-17(4-2-6-30)25(31)35-28(37)38)58-21(19)12-56-66(47,48)62-68(51,52)60-64(42,43)44/h9-10,13,18-23H,5-8,11-12,14-15,29-30H2,(H,45,46)(H,47,48)(H,49,50)(H,51,52)(H2,31,35,38)(H2,32,33,34)(H2,39,40,41)(H2,42,43,44)/t18?,19?,20-,21-,22-,23-/m1/s1. The summed E-state index contributed by atoms with van der Waals surface area (Å²) in [5, 5.41) is 0.335. The Morgan fingerprint density at radius 3 is 1.59 bits per heavy atom. The van der Waals surface area contributed by atoms with Crippen LogP contribution in [0.1, 0.15) is 36.4 Å². The van der Waals surface area contributed by atoms with Crippen LogP contribution in [0.15, 0.2) is 23.5 Å². The number of phosphoric ester groups is 2. The Bertz CT molecular complexity index is 2870. The number of anilines is 2. The Hall–Kier alpha value is -2.50. The largest absolute Gasteiger partial charge is 0.490 e. The van der Waals surface area contributed by atoms with E-state index in [1.807, 2.05) is 0 Å². The first-order valence-corrected chi connectivity index (χ1v) is 30.3. The van der Waals surface area contributed by atoms with Crippen LogP contribution in [0.5, 0.6) is 0 Å². The molecule has 3 aromatic rings. The number of hydrogen-bond donors (Lipinski definition) is 12. The molecule has 16 N–H and O–H groups in total. The van der Waals surface area contributed by atoms with Crippen molar-refractivity contribution in [1.82, 2.24) is 24.1 Å². The van der Waals surface area contributed by atoms with E-state index >= 15 is 0 Å². The molecule has 390 valence electrons. The molecule has 3 aromatic heterocycles. The summed E-state index contributed by atoms with van der Waals surface area (Å²) in [6.07, 6.45) is -3.39. The molecule has 2 aliphatic rings. The van der Waals surface area contributed by atoms with Crippen LogP contribution in [0.4, 0.5) is 11.6 Å². The fraction of sp³-hybridized carbons (Fsp3) is 0.500. The molecule has 0 spiro atoms. The summed E-state index contributed by atoms with van der Waals surface area (Å²) in [5.41, 5.74) is 22.7. The highest BCUT2D eigenvalue weighted by Gasteiger charge is 2.46. The van der Waals surface area contributed by atoms with Gasteiger partial charge in [-0.3, -0.25) is 13.6 Å². The summed E-state index contributed by atoms with van der Waals surface area (Å²) in [6.45, 7) is -1.96. The number of fused-ring (bicyclic) bond motifs is 1. The second kappa shape index (κ2) is 24.2. The average molecular weight is 1150 g/mol. The van der Waals surface area contributed by atoms with Gasteiger partial charge in [-0.05, 0) is 0 Å². The van der Waals surface area contributed by atoms with Gasteiger partial charge in [-0.15, -0.1) is 0 Å². The molecule has 0 aliphatic carbocycles. The molecule has 2 fully saturated rings. The highest BCUT2D eigenvalue weighted by molar-refractivity contribution is 8.76. The number of aromatic nitrogens is 5. The van der Waals surface area contributed by atoms with Crippen molar-refractivity contribution in [3.63, 3.8) is 0 Å². The normalized spacial score (nSPS) is 24.1. The van der Waals surface area contributed by atoms with Crippen LogP contribution >= 0.6 is 68.5 Å². The number of phosphoric acid groups is 6. The lowest BCUT2D eigenvalue weighted by molar-refractivity contribution is -0.0543. The van der Waals surface area contributed by atoms with Crippen LogP contribution in [-0.2, 0) is 72.6 Å². The smallest absolute Gasteiger partial charge is 0.383 e. The van der Waals surface area contributed by atoms with Gasteiger partial charge in [0.15, 0.2) is 0 Å². The molecule has 10 atom stereocenters. The minimum absolute atomic E-state index is 0.0143. The molecule has 0 bridgehead atoms. The van der Waals surface area contributed by atoms with Crippen molar-refractivity contribution in [3.05, 3.63) is 40.3 Å². The fourth-order valence-electron chi connectivity index (χ4n) is 6.13. The molecule has 2 saturated heterocycles. The summed E-state index contributed by atoms with van der Waals surface area (Å²) in [4.78, 5) is 99.6. The van der Waals surface area contributed by atoms with Gasteiger partial charge in [0.1, 0.15) is 60.2 Å². The van der Waals surface area contributed by atoms with Crippen LogP contribution in [0.2, 0.25) is 0 Å². The highest BCUT2D eigenvalue weighted by Crippen LogP contribution is 2.67. The minimum atomic E-state index is -5.89. The molecule has 5 rings (SSSR count). The molecule has 6 unspecified atom stereocenters. The average Bonchev–Trinajstić information content (AvgIpc) is 3.92. The van der Waals surface area contributed by atoms with Crippen LogP contribution < -0.4 is 28.6 Å². The maximum absolute atomic E-state index is 12.9. The van der Waals surface area contributed by atoms with Crippen molar-refractivity contribution in [2.75, 3.05) is 49.6 Å². The van der Waals surface area contributed by atoms with Crippen molar-refractivity contribution in [2.24, 2.45) is 11.5 Å². The van der Waals surface area contributed by atoms with E-state index in [4.69, 9.17) is 70.5 Å². The SMILES string of the molecule is NCC#Cc1cn([C@H]2CC(OCSSCOC3C[C@H](n4cc(C#CCN)c5c(N)ncnc54)O[C@@H]3COP(=O)(O)OP(=O)(O)OP(=O)(O)O)[C@@H](COP(=O)(O)OP(=O)(O)OP(=O)(O)O)O2)c(=O)nc1N. The molecule has 42 heteroatoms. The Morgan fingerprint density at radius 1 is 0.657 bits per heavy atom. The number of rotatable bonds is 23. The lowest BCUT2D eigenvalue weighted by atomic mass is 10.2. The second-order valence-electron chi connectivity index (χ2n) is 13.5. The Labute approximate surface area is 400 Å². The van der Waals surface area contributed by atoms with Crippen molar-refractivity contribution in [2.45, 2.75) is 49.7 Å². The molecule has 0 radical (unpaired) electrons. The predicted octanol–water partition coefficient (Wildman–Crippen LogP) is -0.199. The molecular weight excluding hydrogens is 1110 g/mol. The van der Waals surface area contributed by atoms with Gasteiger partial charge in [-0.25, -0.2) is 42.2 Å². The quantitative estimate of drug-likeness (QED) is 0.0192. The number of nitrogens with two attached hydrogens (primary N) is 4. The Morgan fingerprint density at radius 2 is 1.11 bits per heavy atom. The molecular formula is C28H41N9O25P6S2. The van der Waals surface area contributed by atoms with Crippen molar-refractivity contribution < 1.29 is 112 Å². The lowest BCUT2D eigenvalue weighted by Gasteiger charge is -2.21. The summed E-state index contributed by atoms with van der Waals surface area (Å²) in [7, 11) is -32.4. The number of hydrogen-bond acceptors (Lipinski definition) is 26. The second-order valence-corrected chi connectivity index (χ2v) is 24.7. The van der Waals surface area contributed by atoms with Crippen LogP contribution in [0, 0.1) is 23.7 Å². The third-order valence-electron chi connectivity index (χ3n) is 8.63. The highest BCUT2D eigenvalue weighted by atomic mass is 33.1. The summed E-state index contributed by atoms with van der Waals surface area (Å²) >= 11 is 0. The molecule has 2 aliphatic heterocycles. The Kier molecular flexibility index (Phi) is 20.2. The van der Waals surface area contributed by atoms with Gasteiger partial charge in [-0.2, -0.15) is 22.2 Å². The maximum atomic E-state index is 12.9. The first-order chi connectivity index (χ1) is 32.5. The Balaban J connectivity index is 1.28. The van der Waals surface area contributed by atoms with Crippen LogP contribution in [-0.4, -0.2) is 126 Å². The van der Waals surface area contributed by atoms with Gasteiger partial charge in [0.05, 0.1) is 55.0 Å². The molecule has 34 nitrogen and oxygen atoms in total. The number of ether oxygens (including phenoxy) is 4. The van der Waals surface area contributed by atoms with Crippen molar-refractivity contribution >= 4 is 91.2 Å². The van der Waals surface area contributed by atoms with E-state index in [2.05, 4.69) is 55.9 Å². The third kappa shape index (κ3) is 17.6. The molecule has 70 heavy (non-hydrogen) atoms. The van der Waals surface area contributed by atoms with E-state index in [1.54, 1.807) is 0 Å². The summed E-state index contributed by atoms with van der Waals surface area (Å²) in [5.74, 6) is 10.1. The first-order valence-electron chi connectivity index (χ1n) is 18.7. The van der Waals surface area contributed by atoms with Gasteiger partial charge < -0.3 is 85.6 Å². The zero-order valence-electron chi connectivity index (χ0n) is 34.9. The number of nitrogen functional groups attached to an aromatic ring is 2. The number of nitrogens with zero attached hydrogens (tertiary/aromatic N) is 5. The molecule has 0 saturated carbocycles. The van der Waals surface area contributed by atoms with E-state index in [-0.39, 0.29) is 60.7 Å². The topological polar surface area (TPSA) is 526 Å². The van der Waals surface area contributed by atoms with Gasteiger partial charge >= 0.3 is 52.6 Å². The van der Waals surface area contributed by atoms with Gasteiger partial charge in [0, 0.05) is 25.2 Å². The molecule has 0 amide bonds. The molecule has 5 heterocycles. The third-order valence-corrected chi connectivity index (χ3v) is 17.9. The minimum Gasteiger partial charge on any atom is -0.383 e. The molecule has 0 aromatic carbocycles.